The van der Waals surface area contributed by atoms with E-state index in [4.69, 9.17) is 0 Å². The molecular formula is C14H22N2O. The first-order valence-corrected chi connectivity index (χ1v) is 6.18. The molecule has 3 heteroatoms. The first-order chi connectivity index (χ1) is 8.06. The van der Waals surface area contributed by atoms with Crippen molar-refractivity contribution < 1.29 is 4.79 Å². The van der Waals surface area contributed by atoms with E-state index in [1.54, 1.807) is 0 Å². The van der Waals surface area contributed by atoms with Crippen LogP contribution in [0, 0.1) is 13.8 Å². The van der Waals surface area contributed by atoms with Crippen LogP contribution in [-0.4, -0.2) is 15.6 Å². The second-order valence-electron chi connectivity index (χ2n) is 4.49. The van der Waals surface area contributed by atoms with Gasteiger partial charge in [-0.25, -0.2) is 0 Å². The highest BCUT2D eigenvalue weighted by molar-refractivity contribution is 5.78. The molecular weight excluding hydrogens is 212 g/mol. The van der Waals surface area contributed by atoms with Crippen molar-refractivity contribution in [1.82, 2.24) is 9.78 Å². The van der Waals surface area contributed by atoms with Crippen molar-refractivity contribution in [3.63, 3.8) is 0 Å². The maximum Gasteiger partial charge on any atom is 0.133 e. The first kappa shape index (κ1) is 13.7. The topological polar surface area (TPSA) is 34.9 Å². The van der Waals surface area contributed by atoms with E-state index in [0.717, 1.165) is 25.0 Å². The highest BCUT2D eigenvalue weighted by Gasteiger charge is 2.10. The number of carbonyl (C=O) groups excluding carboxylic acids is 1. The van der Waals surface area contributed by atoms with E-state index in [-0.39, 0.29) is 0 Å². The van der Waals surface area contributed by atoms with E-state index in [9.17, 15) is 4.79 Å². The lowest BCUT2D eigenvalue weighted by molar-refractivity contribution is -0.119. The molecule has 0 bridgehead atoms. The fraction of sp³-hybridized carbons (Fsp3) is 0.571. The molecule has 0 aliphatic rings. The van der Waals surface area contributed by atoms with Gasteiger partial charge in [-0.1, -0.05) is 6.08 Å². The van der Waals surface area contributed by atoms with Crippen LogP contribution in [0.5, 0.6) is 0 Å². The molecule has 0 radical (unpaired) electrons. The van der Waals surface area contributed by atoms with Crippen molar-refractivity contribution in [3.05, 3.63) is 29.6 Å². The van der Waals surface area contributed by atoms with E-state index in [1.807, 2.05) is 24.7 Å². The van der Waals surface area contributed by atoms with Crippen molar-refractivity contribution >= 4 is 5.78 Å². The summed E-state index contributed by atoms with van der Waals surface area (Å²) >= 11 is 0. The monoisotopic (exact) mass is 234 g/mol. The van der Waals surface area contributed by atoms with E-state index in [1.165, 1.54) is 11.3 Å². The van der Waals surface area contributed by atoms with Crippen molar-refractivity contribution in [2.24, 2.45) is 7.05 Å². The van der Waals surface area contributed by atoms with Crippen LogP contribution >= 0.6 is 0 Å². The Hall–Kier alpha value is -1.38. The van der Waals surface area contributed by atoms with Crippen LogP contribution < -0.4 is 0 Å². The summed E-state index contributed by atoms with van der Waals surface area (Å²) in [5.41, 5.74) is 3.44. The van der Waals surface area contributed by atoms with Gasteiger partial charge in [0.15, 0.2) is 0 Å². The van der Waals surface area contributed by atoms with Gasteiger partial charge in [-0.15, -0.1) is 6.58 Å². The van der Waals surface area contributed by atoms with Crippen LogP contribution in [0.25, 0.3) is 0 Å². The van der Waals surface area contributed by atoms with E-state index in [2.05, 4.69) is 18.6 Å². The predicted octanol–water partition coefficient (Wildman–Crippen LogP) is 2.89. The molecule has 0 spiro atoms. The molecule has 0 amide bonds. The number of hydrogen-bond acceptors (Lipinski definition) is 2. The van der Waals surface area contributed by atoms with Crippen molar-refractivity contribution in [2.75, 3.05) is 0 Å². The zero-order valence-corrected chi connectivity index (χ0v) is 11.1. The lowest BCUT2D eigenvalue weighted by Crippen LogP contribution is -2.01. The Morgan fingerprint density at radius 1 is 1.41 bits per heavy atom. The third-order valence-corrected chi connectivity index (χ3v) is 3.18. The molecule has 0 saturated carbocycles. The number of Topliss-reactive ketones (excluding diaryl/α,β-unsaturated/α-hetero) is 1. The fourth-order valence-corrected chi connectivity index (χ4v) is 2.01. The average molecular weight is 234 g/mol. The lowest BCUT2D eigenvalue weighted by Gasteiger charge is -2.02. The molecule has 3 nitrogen and oxygen atoms in total. The minimum atomic E-state index is 0.342. The molecule has 1 aromatic rings. The second kappa shape index (κ2) is 6.38. The number of nitrogens with zero attached hydrogens (tertiary/aromatic N) is 2. The summed E-state index contributed by atoms with van der Waals surface area (Å²) in [6, 6.07) is 0. The number of hydrogen-bond donors (Lipinski definition) is 0. The summed E-state index contributed by atoms with van der Waals surface area (Å²) < 4.78 is 1.88. The molecule has 17 heavy (non-hydrogen) atoms. The highest BCUT2D eigenvalue weighted by Crippen LogP contribution is 2.15. The molecule has 94 valence electrons. The smallest absolute Gasteiger partial charge is 0.133 e. The van der Waals surface area contributed by atoms with Crippen molar-refractivity contribution in [2.45, 2.75) is 46.0 Å². The Bertz CT molecular complexity index is 405. The number of carbonyl (C=O) groups is 1. The first-order valence-electron chi connectivity index (χ1n) is 6.18. The summed E-state index contributed by atoms with van der Waals surface area (Å²) in [7, 11) is 1.94. The van der Waals surface area contributed by atoms with Crippen LogP contribution in [-0.2, 0) is 18.3 Å². The zero-order valence-electron chi connectivity index (χ0n) is 11.1. The SMILES string of the molecule is C=CCCCC(=O)CCc1c(C)nn(C)c1C. The molecule has 0 aliphatic heterocycles. The Kier molecular flexibility index (Phi) is 5.13. The van der Waals surface area contributed by atoms with Crippen LogP contribution in [0.15, 0.2) is 12.7 Å². The van der Waals surface area contributed by atoms with E-state index in [0.29, 0.717) is 18.6 Å². The van der Waals surface area contributed by atoms with Gasteiger partial charge in [0.2, 0.25) is 0 Å². The standard InChI is InChI=1S/C14H22N2O/c1-5-6-7-8-13(17)9-10-14-11(2)15-16(4)12(14)3/h5H,1,6-10H2,2-4H3. The molecule has 0 fully saturated rings. The Morgan fingerprint density at radius 3 is 2.65 bits per heavy atom. The second-order valence-corrected chi connectivity index (χ2v) is 4.49. The van der Waals surface area contributed by atoms with Gasteiger partial charge in [0.05, 0.1) is 5.69 Å². The maximum atomic E-state index is 11.7. The Morgan fingerprint density at radius 2 is 2.12 bits per heavy atom. The lowest BCUT2D eigenvalue weighted by atomic mass is 10.0. The molecule has 0 N–H and O–H groups in total. The van der Waals surface area contributed by atoms with E-state index >= 15 is 0 Å². The van der Waals surface area contributed by atoms with Gasteiger partial charge in [-0.05, 0) is 38.7 Å². The minimum absolute atomic E-state index is 0.342. The van der Waals surface area contributed by atoms with Gasteiger partial charge < -0.3 is 0 Å². The van der Waals surface area contributed by atoms with Gasteiger partial charge in [-0.3, -0.25) is 9.48 Å². The Labute approximate surface area is 104 Å². The average Bonchev–Trinajstić information content (AvgIpc) is 2.51. The number of aryl methyl sites for hydroxylation is 2. The molecule has 1 aromatic heterocycles. The van der Waals surface area contributed by atoms with Gasteiger partial charge >= 0.3 is 0 Å². The number of rotatable bonds is 7. The van der Waals surface area contributed by atoms with Crippen LogP contribution in [0.4, 0.5) is 0 Å². The molecule has 1 heterocycles. The summed E-state index contributed by atoms with van der Waals surface area (Å²) in [5, 5.41) is 4.36. The largest absolute Gasteiger partial charge is 0.300 e. The van der Waals surface area contributed by atoms with Crippen LogP contribution in [0.1, 0.15) is 42.6 Å². The summed E-state index contributed by atoms with van der Waals surface area (Å²) in [5.74, 6) is 0.342. The summed E-state index contributed by atoms with van der Waals surface area (Å²) in [6.45, 7) is 7.71. The van der Waals surface area contributed by atoms with Gasteiger partial charge in [0.1, 0.15) is 5.78 Å². The predicted molar refractivity (Wildman–Crippen MR) is 70.1 cm³/mol. The summed E-state index contributed by atoms with van der Waals surface area (Å²) in [6.07, 6.45) is 5.83. The van der Waals surface area contributed by atoms with Crippen LogP contribution in [0.3, 0.4) is 0 Å². The minimum Gasteiger partial charge on any atom is -0.300 e. The third kappa shape index (κ3) is 3.84. The molecule has 1 rings (SSSR count). The molecule has 0 aromatic carbocycles. The van der Waals surface area contributed by atoms with Gasteiger partial charge in [0.25, 0.3) is 0 Å². The van der Waals surface area contributed by atoms with Gasteiger partial charge in [-0.2, -0.15) is 5.10 Å². The third-order valence-electron chi connectivity index (χ3n) is 3.18. The normalized spacial score (nSPS) is 10.5. The van der Waals surface area contributed by atoms with Gasteiger partial charge in [0, 0.05) is 25.6 Å². The molecule has 0 saturated heterocycles. The fourth-order valence-electron chi connectivity index (χ4n) is 2.01. The zero-order chi connectivity index (χ0) is 12.8. The van der Waals surface area contributed by atoms with E-state index < -0.39 is 0 Å². The number of aromatic nitrogens is 2. The number of allylic oxidation sites excluding steroid dienone is 1. The van der Waals surface area contributed by atoms with Crippen molar-refractivity contribution in [3.8, 4) is 0 Å². The quantitative estimate of drug-likeness (QED) is 0.537. The summed E-state index contributed by atoms with van der Waals surface area (Å²) in [4.78, 5) is 11.7. The number of ketones is 1. The Balaban J connectivity index is 2.44. The molecule has 0 atom stereocenters. The van der Waals surface area contributed by atoms with Crippen molar-refractivity contribution in [1.29, 1.82) is 0 Å². The molecule has 0 aliphatic carbocycles. The number of unbranched alkanes of at least 4 members (excludes halogenated alkanes) is 1. The highest BCUT2D eigenvalue weighted by atomic mass is 16.1. The molecule has 0 unspecified atom stereocenters. The maximum absolute atomic E-state index is 11.7. The van der Waals surface area contributed by atoms with Crippen LogP contribution in [0.2, 0.25) is 0 Å².